The molecule has 37 heavy (non-hydrogen) atoms. The number of benzene rings is 3. The molecule has 1 atom stereocenters. The summed E-state index contributed by atoms with van der Waals surface area (Å²) in [5.74, 6) is -0.0696. The molecule has 2 aliphatic heterocycles. The minimum atomic E-state index is -3.96. The molecule has 0 saturated carbocycles. The highest BCUT2D eigenvalue weighted by molar-refractivity contribution is 7.92. The maximum absolute atomic E-state index is 14.1. The van der Waals surface area contributed by atoms with Gasteiger partial charge in [-0.1, -0.05) is 42.5 Å². The molecule has 1 amide bonds. The van der Waals surface area contributed by atoms with Crippen molar-refractivity contribution in [3.8, 4) is 5.75 Å². The second-order valence-electron chi connectivity index (χ2n) is 9.65. The zero-order valence-electron chi connectivity index (χ0n) is 20.5. The highest BCUT2D eigenvalue weighted by Gasteiger charge is 2.52. The van der Waals surface area contributed by atoms with Gasteiger partial charge >= 0.3 is 0 Å². The third-order valence-corrected chi connectivity index (χ3v) is 9.87. The first-order valence-corrected chi connectivity index (χ1v) is 14.0. The van der Waals surface area contributed by atoms with Crippen LogP contribution >= 0.6 is 0 Å². The van der Waals surface area contributed by atoms with Crippen molar-refractivity contribution in [3.05, 3.63) is 95.8 Å². The largest absolute Gasteiger partial charge is 0.489 e. The lowest BCUT2D eigenvalue weighted by Crippen LogP contribution is -2.43. The molecule has 0 aliphatic carbocycles. The molecule has 3 aromatic carbocycles. The average Bonchev–Trinajstić information content (AvgIpc) is 3.41. The SMILES string of the molecule is O=C(C1CCOCC1)N1CCC(c2ccc(OCc3ccccc3)cc2)(S(=O)(=O)c2ccc(F)cc2)C1. The van der Waals surface area contributed by atoms with Crippen LogP contribution in [0.1, 0.15) is 30.4 Å². The van der Waals surface area contributed by atoms with Gasteiger partial charge in [0.05, 0.1) is 4.90 Å². The quantitative estimate of drug-likeness (QED) is 0.419. The van der Waals surface area contributed by atoms with Crippen LogP contribution in [0.3, 0.4) is 0 Å². The monoisotopic (exact) mass is 523 g/mol. The number of carbonyl (C=O) groups excluding carboxylic acids is 1. The second-order valence-corrected chi connectivity index (χ2v) is 11.9. The van der Waals surface area contributed by atoms with Gasteiger partial charge in [-0.05, 0) is 66.8 Å². The van der Waals surface area contributed by atoms with E-state index in [4.69, 9.17) is 9.47 Å². The van der Waals surface area contributed by atoms with Crippen molar-refractivity contribution in [2.24, 2.45) is 5.92 Å². The molecular weight excluding hydrogens is 493 g/mol. The van der Waals surface area contributed by atoms with Crippen molar-refractivity contribution in [3.63, 3.8) is 0 Å². The summed E-state index contributed by atoms with van der Waals surface area (Å²) in [4.78, 5) is 15.0. The van der Waals surface area contributed by atoms with Crippen LogP contribution in [0, 0.1) is 11.7 Å². The summed E-state index contributed by atoms with van der Waals surface area (Å²) in [6.45, 7) is 1.85. The van der Waals surface area contributed by atoms with Crippen LogP contribution < -0.4 is 4.74 Å². The van der Waals surface area contributed by atoms with Crippen molar-refractivity contribution in [1.29, 1.82) is 0 Å². The number of sulfone groups is 1. The normalized spacial score (nSPS) is 20.6. The van der Waals surface area contributed by atoms with E-state index in [1.807, 2.05) is 30.3 Å². The lowest BCUT2D eigenvalue weighted by Gasteiger charge is -2.31. The molecule has 5 rings (SSSR count). The number of ether oxygens (including phenoxy) is 2. The standard InChI is InChI=1S/C29H30FNO5S/c30-25-8-12-27(13-9-25)37(33,34)29(16-17-31(21-29)28(32)23-14-18-35-19-15-23)24-6-10-26(11-7-24)36-20-22-4-2-1-3-5-22/h1-13,23H,14-21H2. The van der Waals surface area contributed by atoms with Gasteiger partial charge in [-0.2, -0.15) is 0 Å². The highest BCUT2D eigenvalue weighted by atomic mass is 32.2. The Balaban J connectivity index is 1.44. The van der Waals surface area contributed by atoms with Gasteiger partial charge in [0, 0.05) is 32.2 Å². The number of amides is 1. The molecule has 8 heteroatoms. The van der Waals surface area contributed by atoms with Crippen LogP contribution in [0.15, 0.2) is 83.8 Å². The molecule has 2 aliphatic rings. The fraction of sp³-hybridized carbons (Fsp3) is 0.345. The van der Waals surface area contributed by atoms with Crippen LogP contribution in [0.25, 0.3) is 0 Å². The molecule has 2 fully saturated rings. The van der Waals surface area contributed by atoms with Crippen LogP contribution in [-0.2, 0) is 30.7 Å². The van der Waals surface area contributed by atoms with Crippen molar-refractivity contribution >= 4 is 15.7 Å². The Labute approximate surface area is 216 Å². The van der Waals surface area contributed by atoms with E-state index in [-0.39, 0.29) is 29.7 Å². The summed E-state index contributed by atoms with van der Waals surface area (Å²) in [6.07, 6.45) is 1.53. The van der Waals surface area contributed by atoms with Crippen molar-refractivity contribution in [2.45, 2.75) is 35.5 Å². The van der Waals surface area contributed by atoms with E-state index in [2.05, 4.69) is 0 Å². The van der Waals surface area contributed by atoms with Crippen LogP contribution in [0.4, 0.5) is 4.39 Å². The van der Waals surface area contributed by atoms with Gasteiger partial charge in [0.1, 0.15) is 22.9 Å². The molecule has 2 heterocycles. The Hall–Kier alpha value is -3.23. The summed E-state index contributed by atoms with van der Waals surface area (Å²) in [5, 5.41) is 0. The van der Waals surface area contributed by atoms with E-state index in [9.17, 15) is 17.6 Å². The fourth-order valence-electron chi connectivity index (χ4n) is 5.22. The van der Waals surface area contributed by atoms with E-state index in [1.165, 1.54) is 12.1 Å². The number of hydrogen-bond acceptors (Lipinski definition) is 5. The summed E-state index contributed by atoms with van der Waals surface area (Å²) in [6, 6.07) is 21.7. The molecule has 194 valence electrons. The average molecular weight is 524 g/mol. The second kappa shape index (κ2) is 10.6. The molecule has 1 unspecified atom stereocenters. The van der Waals surface area contributed by atoms with E-state index in [0.29, 0.717) is 50.5 Å². The van der Waals surface area contributed by atoms with Crippen LogP contribution in [0.5, 0.6) is 5.75 Å². The van der Waals surface area contributed by atoms with Crippen molar-refractivity contribution in [1.82, 2.24) is 4.90 Å². The molecule has 0 aromatic heterocycles. The summed E-state index contributed by atoms with van der Waals surface area (Å²) >= 11 is 0. The maximum Gasteiger partial charge on any atom is 0.225 e. The van der Waals surface area contributed by atoms with E-state index < -0.39 is 20.4 Å². The Morgan fingerprint density at radius 2 is 1.65 bits per heavy atom. The lowest BCUT2D eigenvalue weighted by atomic mass is 9.96. The van der Waals surface area contributed by atoms with Crippen LogP contribution in [0.2, 0.25) is 0 Å². The summed E-state index contributed by atoms with van der Waals surface area (Å²) in [5.41, 5.74) is 1.62. The molecule has 0 radical (unpaired) electrons. The Bertz CT molecular complexity index is 1320. The Kier molecular flexibility index (Phi) is 7.31. The first-order chi connectivity index (χ1) is 17.9. The van der Waals surface area contributed by atoms with Gasteiger partial charge in [0.15, 0.2) is 9.84 Å². The first-order valence-electron chi connectivity index (χ1n) is 12.5. The molecule has 0 bridgehead atoms. The molecule has 0 spiro atoms. The number of carbonyl (C=O) groups is 1. The Morgan fingerprint density at radius 1 is 0.973 bits per heavy atom. The topological polar surface area (TPSA) is 72.9 Å². The fourth-order valence-corrected chi connectivity index (χ4v) is 7.30. The number of rotatable bonds is 7. The van der Waals surface area contributed by atoms with Gasteiger partial charge in [-0.25, -0.2) is 12.8 Å². The summed E-state index contributed by atoms with van der Waals surface area (Å²) < 4.78 is 51.8. The minimum absolute atomic E-state index is 0.0257. The third kappa shape index (κ3) is 5.13. The zero-order chi connectivity index (χ0) is 25.9. The van der Waals surface area contributed by atoms with E-state index >= 15 is 0 Å². The number of halogens is 1. The maximum atomic E-state index is 14.1. The van der Waals surface area contributed by atoms with Crippen molar-refractivity contribution < 1.29 is 27.1 Å². The highest BCUT2D eigenvalue weighted by Crippen LogP contribution is 2.44. The van der Waals surface area contributed by atoms with E-state index in [1.54, 1.807) is 29.2 Å². The molecule has 6 nitrogen and oxygen atoms in total. The van der Waals surface area contributed by atoms with Gasteiger partial charge in [0.25, 0.3) is 0 Å². The number of likely N-dealkylation sites (tertiary alicyclic amines) is 1. The van der Waals surface area contributed by atoms with Gasteiger partial charge in [-0.3, -0.25) is 4.79 Å². The Morgan fingerprint density at radius 3 is 2.32 bits per heavy atom. The predicted octanol–water partition coefficient (Wildman–Crippen LogP) is 4.73. The third-order valence-electron chi connectivity index (χ3n) is 7.38. The zero-order valence-corrected chi connectivity index (χ0v) is 21.3. The summed E-state index contributed by atoms with van der Waals surface area (Å²) in [7, 11) is -3.96. The van der Waals surface area contributed by atoms with Gasteiger partial charge in [-0.15, -0.1) is 0 Å². The number of hydrogen-bond donors (Lipinski definition) is 0. The molecule has 2 saturated heterocycles. The predicted molar refractivity (Wildman–Crippen MR) is 137 cm³/mol. The minimum Gasteiger partial charge on any atom is -0.489 e. The van der Waals surface area contributed by atoms with Gasteiger partial charge < -0.3 is 14.4 Å². The molecule has 0 N–H and O–H groups in total. The van der Waals surface area contributed by atoms with E-state index in [0.717, 1.165) is 17.7 Å². The van der Waals surface area contributed by atoms with Crippen LogP contribution in [-0.4, -0.2) is 45.5 Å². The first kappa shape index (κ1) is 25.4. The lowest BCUT2D eigenvalue weighted by molar-refractivity contribution is -0.137. The van der Waals surface area contributed by atoms with Gasteiger partial charge in [0.2, 0.25) is 5.91 Å². The van der Waals surface area contributed by atoms with Crippen molar-refractivity contribution in [2.75, 3.05) is 26.3 Å². The molecule has 3 aromatic rings. The number of nitrogens with zero attached hydrogens (tertiary/aromatic N) is 1. The molecular formula is C29H30FNO5S. The smallest absolute Gasteiger partial charge is 0.225 e.